The average molecular weight is 251 g/mol. The van der Waals surface area contributed by atoms with Gasteiger partial charge in [0.05, 0.1) is 11.8 Å². The van der Waals surface area contributed by atoms with E-state index in [4.69, 9.17) is 16.7 Å². The summed E-state index contributed by atoms with van der Waals surface area (Å²) in [6.45, 7) is 1.89. The molecule has 0 spiro atoms. The zero-order valence-corrected chi connectivity index (χ0v) is 10.2. The first kappa shape index (κ1) is 11.7. The SMILES string of the molecule is Cc1c(-c2ccc(Cl)cc2C(=O)O)cnn1C. The van der Waals surface area contributed by atoms with Crippen LogP contribution in [0.2, 0.25) is 5.02 Å². The van der Waals surface area contributed by atoms with E-state index in [1.807, 2.05) is 14.0 Å². The Hall–Kier alpha value is -1.81. The molecule has 4 nitrogen and oxygen atoms in total. The van der Waals surface area contributed by atoms with Gasteiger partial charge in [-0.2, -0.15) is 5.10 Å². The van der Waals surface area contributed by atoms with E-state index in [2.05, 4.69) is 5.10 Å². The van der Waals surface area contributed by atoms with Crippen LogP contribution in [0.4, 0.5) is 0 Å². The van der Waals surface area contributed by atoms with E-state index in [1.54, 1.807) is 23.0 Å². The summed E-state index contributed by atoms with van der Waals surface area (Å²) in [5.74, 6) is -0.995. The molecular weight excluding hydrogens is 240 g/mol. The number of carbonyl (C=O) groups is 1. The number of halogens is 1. The third kappa shape index (κ3) is 2.03. The monoisotopic (exact) mass is 250 g/mol. The van der Waals surface area contributed by atoms with Crippen molar-refractivity contribution >= 4 is 17.6 Å². The van der Waals surface area contributed by atoms with Gasteiger partial charge in [-0.05, 0) is 24.6 Å². The van der Waals surface area contributed by atoms with Crippen LogP contribution in [0.25, 0.3) is 11.1 Å². The lowest BCUT2D eigenvalue weighted by atomic mass is 10.0. The van der Waals surface area contributed by atoms with Gasteiger partial charge < -0.3 is 5.11 Å². The molecule has 0 aliphatic heterocycles. The lowest BCUT2D eigenvalue weighted by molar-refractivity contribution is 0.0697. The first-order chi connectivity index (χ1) is 8.00. The van der Waals surface area contributed by atoms with Gasteiger partial charge in [-0.25, -0.2) is 4.79 Å². The summed E-state index contributed by atoms with van der Waals surface area (Å²) in [6, 6.07) is 4.83. The Morgan fingerprint density at radius 3 is 2.65 bits per heavy atom. The molecule has 0 radical (unpaired) electrons. The van der Waals surface area contributed by atoms with E-state index in [0.717, 1.165) is 11.3 Å². The predicted octanol–water partition coefficient (Wildman–Crippen LogP) is 2.75. The Morgan fingerprint density at radius 2 is 2.12 bits per heavy atom. The number of aromatic carboxylic acids is 1. The van der Waals surface area contributed by atoms with Crippen LogP contribution in [0.1, 0.15) is 16.1 Å². The molecule has 0 fully saturated rings. The van der Waals surface area contributed by atoms with Crippen LogP contribution < -0.4 is 0 Å². The second kappa shape index (κ2) is 4.22. The molecule has 0 aliphatic carbocycles. The Labute approximate surface area is 103 Å². The van der Waals surface area contributed by atoms with Crippen molar-refractivity contribution in [1.82, 2.24) is 9.78 Å². The molecule has 0 saturated heterocycles. The first-order valence-electron chi connectivity index (χ1n) is 5.02. The highest BCUT2D eigenvalue weighted by atomic mass is 35.5. The summed E-state index contributed by atoms with van der Waals surface area (Å²) in [7, 11) is 1.81. The highest BCUT2D eigenvalue weighted by molar-refractivity contribution is 6.31. The number of rotatable bonds is 2. The smallest absolute Gasteiger partial charge is 0.336 e. The van der Waals surface area contributed by atoms with Gasteiger partial charge >= 0.3 is 5.97 Å². The molecular formula is C12H11ClN2O2. The highest BCUT2D eigenvalue weighted by Gasteiger charge is 2.15. The van der Waals surface area contributed by atoms with Gasteiger partial charge in [-0.15, -0.1) is 0 Å². The molecule has 2 rings (SSSR count). The number of benzene rings is 1. The molecule has 0 saturated carbocycles. The number of aromatic nitrogens is 2. The second-order valence-corrected chi connectivity index (χ2v) is 4.20. The molecule has 0 aliphatic rings. The standard InChI is InChI=1S/C12H11ClN2O2/c1-7-11(6-14-15(7)2)9-4-3-8(13)5-10(9)12(16)17/h3-6H,1-2H3,(H,16,17). The quantitative estimate of drug-likeness (QED) is 0.892. The minimum Gasteiger partial charge on any atom is -0.478 e. The summed E-state index contributed by atoms with van der Waals surface area (Å²) in [4.78, 5) is 11.2. The molecule has 2 aromatic rings. The Bertz CT molecular complexity index is 590. The van der Waals surface area contributed by atoms with Crippen molar-refractivity contribution in [2.75, 3.05) is 0 Å². The highest BCUT2D eigenvalue weighted by Crippen LogP contribution is 2.28. The number of hydrogen-bond acceptors (Lipinski definition) is 2. The van der Waals surface area contributed by atoms with Crippen LogP contribution in [0.15, 0.2) is 24.4 Å². The van der Waals surface area contributed by atoms with Gasteiger partial charge in [0.1, 0.15) is 0 Å². The zero-order chi connectivity index (χ0) is 12.6. The third-order valence-corrected chi connectivity index (χ3v) is 2.97. The molecule has 1 N–H and O–H groups in total. The minimum absolute atomic E-state index is 0.189. The Kier molecular flexibility index (Phi) is 2.90. The van der Waals surface area contributed by atoms with E-state index in [-0.39, 0.29) is 5.56 Å². The molecule has 0 amide bonds. The maximum Gasteiger partial charge on any atom is 0.336 e. The molecule has 0 unspecified atom stereocenters. The average Bonchev–Trinajstić information content (AvgIpc) is 2.60. The van der Waals surface area contributed by atoms with Crippen LogP contribution in [0.3, 0.4) is 0 Å². The minimum atomic E-state index is -0.995. The number of aryl methyl sites for hydroxylation is 1. The maximum atomic E-state index is 11.2. The summed E-state index contributed by atoms with van der Waals surface area (Å²) in [5.41, 5.74) is 2.54. The van der Waals surface area contributed by atoms with E-state index in [9.17, 15) is 4.79 Å². The second-order valence-electron chi connectivity index (χ2n) is 3.76. The van der Waals surface area contributed by atoms with Gasteiger partial charge in [-0.1, -0.05) is 17.7 Å². The van der Waals surface area contributed by atoms with Crippen molar-refractivity contribution in [2.45, 2.75) is 6.92 Å². The van der Waals surface area contributed by atoms with Crippen molar-refractivity contribution in [3.63, 3.8) is 0 Å². The molecule has 5 heteroatoms. The van der Waals surface area contributed by atoms with Crippen LogP contribution in [0, 0.1) is 6.92 Å². The fourth-order valence-electron chi connectivity index (χ4n) is 1.69. The molecule has 1 aromatic carbocycles. The third-order valence-electron chi connectivity index (χ3n) is 2.74. The molecule has 17 heavy (non-hydrogen) atoms. The van der Waals surface area contributed by atoms with Crippen LogP contribution in [0.5, 0.6) is 0 Å². The Morgan fingerprint density at radius 1 is 1.41 bits per heavy atom. The van der Waals surface area contributed by atoms with Crippen LogP contribution in [-0.4, -0.2) is 20.9 Å². The number of carboxylic acid groups (broad SMARTS) is 1. The van der Waals surface area contributed by atoms with Crippen molar-refractivity contribution < 1.29 is 9.90 Å². The largest absolute Gasteiger partial charge is 0.478 e. The van der Waals surface area contributed by atoms with E-state index in [1.165, 1.54) is 6.07 Å². The first-order valence-corrected chi connectivity index (χ1v) is 5.40. The van der Waals surface area contributed by atoms with E-state index >= 15 is 0 Å². The maximum absolute atomic E-state index is 11.2. The number of hydrogen-bond donors (Lipinski definition) is 1. The van der Waals surface area contributed by atoms with E-state index < -0.39 is 5.97 Å². The van der Waals surface area contributed by atoms with Crippen molar-refractivity contribution in [1.29, 1.82) is 0 Å². The molecule has 0 atom stereocenters. The molecule has 88 valence electrons. The topological polar surface area (TPSA) is 55.1 Å². The van der Waals surface area contributed by atoms with Gasteiger partial charge in [0.2, 0.25) is 0 Å². The normalized spacial score (nSPS) is 10.5. The summed E-state index contributed by atoms with van der Waals surface area (Å²) in [5, 5.41) is 13.7. The number of nitrogens with zero attached hydrogens (tertiary/aromatic N) is 2. The van der Waals surface area contributed by atoms with Gasteiger partial charge in [0.15, 0.2) is 0 Å². The van der Waals surface area contributed by atoms with Gasteiger partial charge in [0.25, 0.3) is 0 Å². The zero-order valence-electron chi connectivity index (χ0n) is 9.44. The van der Waals surface area contributed by atoms with Gasteiger partial charge in [-0.3, -0.25) is 4.68 Å². The Balaban J connectivity index is 2.67. The predicted molar refractivity (Wildman–Crippen MR) is 65.4 cm³/mol. The van der Waals surface area contributed by atoms with Gasteiger partial charge in [0, 0.05) is 23.3 Å². The van der Waals surface area contributed by atoms with Crippen molar-refractivity contribution in [2.24, 2.45) is 7.05 Å². The molecule has 1 aromatic heterocycles. The fraction of sp³-hybridized carbons (Fsp3) is 0.167. The van der Waals surface area contributed by atoms with E-state index in [0.29, 0.717) is 10.6 Å². The lowest BCUT2D eigenvalue weighted by Crippen LogP contribution is -2.00. The van der Waals surface area contributed by atoms with Crippen molar-refractivity contribution in [3.05, 3.63) is 40.7 Å². The lowest BCUT2D eigenvalue weighted by Gasteiger charge is -2.06. The van der Waals surface area contributed by atoms with Crippen molar-refractivity contribution in [3.8, 4) is 11.1 Å². The summed E-state index contributed by atoms with van der Waals surface area (Å²) in [6.07, 6.45) is 1.66. The molecule has 1 heterocycles. The van der Waals surface area contributed by atoms with Crippen LogP contribution in [-0.2, 0) is 7.05 Å². The fourth-order valence-corrected chi connectivity index (χ4v) is 1.86. The summed E-state index contributed by atoms with van der Waals surface area (Å²) < 4.78 is 1.70. The van der Waals surface area contributed by atoms with Crippen LogP contribution >= 0.6 is 11.6 Å². The summed E-state index contributed by atoms with van der Waals surface area (Å²) >= 11 is 5.81. The molecule has 0 bridgehead atoms. The number of carboxylic acids is 1.